The number of carbonyl (C=O) groups excluding carboxylic acids is 1. The number of nitrogens with zero attached hydrogens (tertiary/aromatic N) is 3. The van der Waals surface area contributed by atoms with E-state index in [0.29, 0.717) is 19.4 Å². The molecule has 2 rings (SSSR count). The monoisotopic (exact) mass is 321 g/mol. The summed E-state index contributed by atoms with van der Waals surface area (Å²) >= 11 is 0. The first kappa shape index (κ1) is 17.5. The number of aliphatic carboxylic acids is 1. The lowest BCUT2D eigenvalue weighted by atomic mass is 9.78. The van der Waals surface area contributed by atoms with E-state index in [2.05, 4.69) is 5.10 Å². The first-order valence-corrected chi connectivity index (χ1v) is 8.37. The minimum Gasteiger partial charge on any atom is -0.481 e. The minimum absolute atomic E-state index is 0.0554. The van der Waals surface area contributed by atoms with Gasteiger partial charge in [-0.2, -0.15) is 5.10 Å². The molecule has 6 heteroatoms. The van der Waals surface area contributed by atoms with Gasteiger partial charge >= 0.3 is 5.97 Å². The first-order chi connectivity index (χ1) is 10.9. The largest absolute Gasteiger partial charge is 0.481 e. The fraction of sp³-hybridized carbons (Fsp3) is 0.706. The van der Waals surface area contributed by atoms with E-state index >= 15 is 0 Å². The number of aromatic nitrogens is 2. The van der Waals surface area contributed by atoms with Gasteiger partial charge < -0.3 is 10.0 Å². The Morgan fingerprint density at radius 1 is 1.26 bits per heavy atom. The zero-order valence-electron chi connectivity index (χ0n) is 14.5. The Kier molecular flexibility index (Phi) is 5.44. The Morgan fingerprint density at radius 3 is 2.39 bits per heavy atom. The van der Waals surface area contributed by atoms with Gasteiger partial charge in [0.2, 0.25) is 5.91 Å². The van der Waals surface area contributed by atoms with E-state index in [1.165, 1.54) is 0 Å². The highest BCUT2D eigenvalue weighted by Gasteiger charge is 2.37. The maximum atomic E-state index is 12.8. The van der Waals surface area contributed by atoms with Gasteiger partial charge in [-0.3, -0.25) is 14.3 Å². The quantitative estimate of drug-likeness (QED) is 0.903. The number of rotatable bonds is 5. The number of hydrogen-bond acceptors (Lipinski definition) is 3. The van der Waals surface area contributed by atoms with Gasteiger partial charge in [-0.25, -0.2) is 0 Å². The fourth-order valence-corrected chi connectivity index (χ4v) is 3.59. The summed E-state index contributed by atoms with van der Waals surface area (Å²) in [5.41, 5.74) is 3.07. The van der Waals surface area contributed by atoms with Crippen LogP contribution in [0.1, 0.15) is 49.6 Å². The molecule has 0 bridgehead atoms. The van der Waals surface area contributed by atoms with Crippen molar-refractivity contribution < 1.29 is 14.7 Å². The highest BCUT2D eigenvalue weighted by Crippen LogP contribution is 2.32. The third kappa shape index (κ3) is 3.57. The van der Waals surface area contributed by atoms with Crippen molar-refractivity contribution in [2.45, 2.75) is 59.5 Å². The third-order valence-corrected chi connectivity index (χ3v) is 5.00. The molecule has 1 aromatic heterocycles. The average Bonchev–Trinajstić information content (AvgIpc) is 2.81. The SMILES string of the molecule is CCn1nc(C)c(CN(C)C(=O)[C@H]2CCCC[C@@H]2C(=O)O)c1C. The summed E-state index contributed by atoms with van der Waals surface area (Å²) < 4.78 is 1.93. The van der Waals surface area contributed by atoms with Gasteiger partial charge in [0.1, 0.15) is 0 Å². The van der Waals surface area contributed by atoms with Crippen molar-refractivity contribution in [1.82, 2.24) is 14.7 Å². The number of amides is 1. The second-order valence-electron chi connectivity index (χ2n) is 6.50. The molecule has 1 N–H and O–H groups in total. The standard InChI is InChI=1S/C17H27N3O3/c1-5-20-12(3)15(11(2)18-20)10-19(4)16(21)13-8-6-7-9-14(13)17(22)23/h13-14H,5-10H2,1-4H3,(H,22,23)/t13-,14-/m0/s1. The van der Waals surface area contributed by atoms with Crippen LogP contribution in [0.4, 0.5) is 0 Å². The van der Waals surface area contributed by atoms with Gasteiger partial charge in [0.05, 0.1) is 17.5 Å². The molecule has 128 valence electrons. The normalized spacial score (nSPS) is 21.2. The summed E-state index contributed by atoms with van der Waals surface area (Å²) in [7, 11) is 1.76. The Balaban J connectivity index is 2.13. The van der Waals surface area contributed by atoms with Crippen molar-refractivity contribution in [3.8, 4) is 0 Å². The van der Waals surface area contributed by atoms with Crippen LogP contribution in [0, 0.1) is 25.7 Å². The van der Waals surface area contributed by atoms with Crippen molar-refractivity contribution >= 4 is 11.9 Å². The van der Waals surface area contributed by atoms with Crippen molar-refractivity contribution in [2.75, 3.05) is 7.05 Å². The lowest BCUT2D eigenvalue weighted by Gasteiger charge is -2.31. The Labute approximate surface area is 137 Å². The number of hydrogen-bond donors (Lipinski definition) is 1. The van der Waals surface area contributed by atoms with E-state index < -0.39 is 17.8 Å². The zero-order valence-corrected chi connectivity index (χ0v) is 14.5. The molecule has 23 heavy (non-hydrogen) atoms. The second-order valence-corrected chi connectivity index (χ2v) is 6.50. The summed E-state index contributed by atoms with van der Waals surface area (Å²) in [4.78, 5) is 25.8. The van der Waals surface area contributed by atoms with Crippen LogP contribution in [-0.4, -0.2) is 38.7 Å². The van der Waals surface area contributed by atoms with Crippen molar-refractivity contribution in [3.63, 3.8) is 0 Å². The van der Waals surface area contributed by atoms with Crippen LogP contribution in [0.5, 0.6) is 0 Å². The van der Waals surface area contributed by atoms with Crippen LogP contribution in [0.3, 0.4) is 0 Å². The van der Waals surface area contributed by atoms with E-state index in [1.807, 2.05) is 25.5 Å². The molecular weight excluding hydrogens is 294 g/mol. The van der Waals surface area contributed by atoms with E-state index in [1.54, 1.807) is 11.9 Å². The van der Waals surface area contributed by atoms with Crippen molar-refractivity contribution in [1.29, 1.82) is 0 Å². The van der Waals surface area contributed by atoms with Crippen LogP contribution in [-0.2, 0) is 22.7 Å². The molecule has 1 heterocycles. The maximum absolute atomic E-state index is 12.8. The highest BCUT2D eigenvalue weighted by atomic mass is 16.4. The molecule has 1 amide bonds. The van der Waals surface area contributed by atoms with Crippen LogP contribution in [0.15, 0.2) is 0 Å². The summed E-state index contributed by atoms with van der Waals surface area (Å²) in [5, 5.41) is 13.8. The van der Waals surface area contributed by atoms with Gasteiger partial charge in [-0.05, 0) is 33.6 Å². The molecule has 1 aliphatic carbocycles. The molecule has 0 aromatic carbocycles. The molecule has 0 radical (unpaired) electrons. The summed E-state index contributed by atoms with van der Waals surface area (Å²) in [6.07, 6.45) is 3.10. The summed E-state index contributed by atoms with van der Waals surface area (Å²) in [6, 6.07) is 0. The zero-order chi connectivity index (χ0) is 17.1. The predicted octanol–water partition coefficient (Wildman–Crippen LogP) is 2.37. The number of carboxylic acids is 1. The van der Waals surface area contributed by atoms with Crippen LogP contribution in [0.25, 0.3) is 0 Å². The van der Waals surface area contributed by atoms with Crippen molar-refractivity contribution in [2.24, 2.45) is 11.8 Å². The third-order valence-electron chi connectivity index (χ3n) is 5.00. The molecule has 6 nitrogen and oxygen atoms in total. The molecule has 1 fully saturated rings. The van der Waals surface area contributed by atoms with Gasteiger partial charge in [-0.15, -0.1) is 0 Å². The summed E-state index contributed by atoms with van der Waals surface area (Å²) in [6.45, 7) is 7.29. The van der Waals surface area contributed by atoms with Crippen LogP contribution in [0.2, 0.25) is 0 Å². The van der Waals surface area contributed by atoms with Gasteiger partial charge in [0, 0.05) is 31.4 Å². The average molecular weight is 321 g/mol. The molecule has 1 saturated carbocycles. The van der Waals surface area contributed by atoms with Gasteiger partial charge in [0.25, 0.3) is 0 Å². The Hall–Kier alpha value is -1.85. The van der Waals surface area contributed by atoms with E-state index in [-0.39, 0.29) is 5.91 Å². The number of carboxylic acid groups (broad SMARTS) is 1. The van der Waals surface area contributed by atoms with Gasteiger partial charge in [-0.1, -0.05) is 12.8 Å². The Morgan fingerprint density at radius 2 is 1.87 bits per heavy atom. The number of aryl methyl sites for hydroxylation is 2. The van der Waals surface area contributed by atoms with E-state index in [0.717, 1.165) is 36.3 Å². The van der Waals surface area contributed by atoms with Crippen molar-refractivity contribution in [3.05, 3.63) is 17.0 Å². The van der Waals surface area contributed by atoms with Gasteiger partial charge in [0.15, 0.2) is 0 Å². The number of carbonyl (C=O) groups is 2. The predicted molar refractivity (Wildman–Crippen MR) is 86.9 cm³/mol. The molecule has 0 aliphatic heterocycles. The van der Waals surface area contributed by atoms with Crippen LogP contribution < -0.4 is 0 Å². The van der Waals surface area contributed by atoms with Crippen LogP contribution >= 0.6 is 0 Å². The molecule has 1 aliphatic rings. The topological polar surface area (TPSA) is 75.4 Å². The molecular formula is C17H27N3O3. The smallest absolute Gasteiger partial charge is 0.307 e. The molecule has 2 atom stereocenters. The summed E-state index contributed by atoms with van der Waals surface area (Å²) in [5.74, 6) is -1.84. The second kappa shape index (κ2) is 7.15. The highest BCUT2D eigenvalue weighted by molar-refractivity contribution is 5.84. The molecule has 0 spiro atoms. The first-order valence-electron chi connectivity index (χ1n) is 8.37. The fourth-order valence-electron chi connectivity index (χ4n) is 3.59. The van der Waals surface area contributed by atoms with E-state index in [4.69, 9.17) is 0 Å². The molecule has 1 aromatic rings. The molecule has 0 unspecified atom stereocenters. The van der Waals surface area contributed by atoms with E-state index in [9.17, 15) is 14.7 Å². The minimum atomic E-state index is -0.845. The lowest BCUT2D eigenvalue weighted by Crippen LogP contribution is -2.40. The maximum Gasteiger partial charge on any atom is 0.307 e. The molecule has 0 saturated heterocycles. The lowest BCUT2D eigenvalue weighted by molar-refractivity contribution is -0.152. The Bertz CT molecular complexity index is 594.